The summed E-state index contributed by atoms with van der Waals surface area (Å²) in [5, 5.41) is 1.74. The van der Waals surface area contributed by atoms with Crippen molar-refractivity contribution in [2.45, 2.75) is 43.8 Å². The smallest absolute Gasteiger partial charge is 1.00 e. The van der Waals surface area contributed by atoms with Gasteiger partial charge in [-0.25, -0.2) is 0 Å². The first-order valence-corrected chi connectivity index (χ1v) is 12.7. The first-order valence-electron chi connectivity index (χ1n) is 8.75. The van der Waals surface area contributed by atoms with Gasteiger partial charge in [0.2, 0.25) is 0 Å². The number of fused-ring (bicyclic) bond motifs is 1. The summed E-state index contributed by atoms with van der Waals surface area (Å²) in [6, 6.07) is 9.11. The van der Waals surface area contributed by atoms with E-state index >= 15 is 0 Å². The van der Waals surface area contributed by atoms with Crippen molar-refractivity contribution in [1.29, 1.82) is 0 Å². The molecule has 1 unspecified atom stereocenters. The first kappa shape index (κ1) is 23.2. The van der Waals surface area contributed by atoms with Crippen LogP contribution in [0.25, 0.3) is 6.08 Å². The van der Waals surface area contributed by atoms with E-state index in [1.807, 2.05) is 3.88 Å². The zero-order valence-electron chi connectivity index (χ0n) is 15.6. The third kappa shape index (κ3) is 5.12. The molecule has 25 heavy (non-hydrogen) atoms. The molecule has 1 atom stereocenters. The Morgan fingerprint density at radius 1 is 1.16 bits per heavy atom. The van der Waals surface area contributed by atoms with E-state index in [-0.39, 0.29) is 51.9 Å². The number of hydrogen-bond donors (Lipinski definition) is 0. The predicted molar refractivity (Wildman–Crippen MR) is 101 cm³/mol. The second-order valence-corrected chi connectivity index (χ2v) is 11.4. The topological polar surface area (TPSA) is 0 Å². The summed E-state index contributed by atoms with van der Waals surface area (Å²) in [5.41, 5.74) is 6.41. The summed E-state index contributed by atoms with van der Waals surface area (Å²) >= 11 is -0.117. The van der Waals surface area contributed by atoms with Crippen molar-refractivity contribution in [2.24, 2.45) is 0 Å². The summed E-state index contributed by atoms with van der Waals surface area (Å²) in [5.74, 6) is 0. The van der Waals surface area contributed by atoms with E-state index in [2.05, 4.69) is 63.6 Å². The van der Waals surface area contributed by atoms with Gasteiger partial charge in [0, 0.05) is 0 Å². The van der Waals surface area contributed by atoms with Gasteiger partial charge in [-0.15, -0.1) is 0 Å². The summed E-state index contributed by atoms with van der Waals surface area (Å²) < 4.78 is 2.58. The molecule has 0 amide bonds. The Morgan fingerprint density at radius 2 is 1.88 bits per heavy atom. The molecule has 0 N–H and O–H groups in total. The number of hydrogen-bond acceptors (Lipinski definition) is 0. The van der Waals surface area contributed by atoms with Crippen molar-refractivity contribution in [2.75, 3.05) is 13.3 Å². The van der Waals surface area contributed by atoms with Crippen LogP contribution in [0.5, 0.6) is 0 Å². The van der Waals surface area contributed by atoms with Gasteiger partial charge in [-0.2, -0.15) is 0 Å². The minimum absolute atomic E-state index is 0. The molecule has 0 saturated heterocycles. The maximum Gasteiger partial charge on any atom is -1.00 e. The summed E-state index contributed by atoms with van der Waals surface area (Å²) in [7, 11) is 0.00900. The van der Waals surface area contributed by atoms with Crippen molar-refractivity contribution in [3.63, 3.8) is 0 Å². The summed E-state index contributed by atoms with van der Waals surface area (Å²) in [6.45, 7) is 9.49. The van der Waals surface area contributed by atoms with Gasteiger partial charge in [0.05, 0.1) is 0 Å². The van der Waals surface area contributed by atoms with Crippen LogP contribution in [0.3, 0.4) is 0 Å². The van der Waals surface area contributed by atoms with Gasteiger partial charge in [-0.05, 0) is 0 Å². The number of allylic oxidation sites excluding steroid dienone is 5. The van der Waals surface area contributed by atoms with E-state index in [1.54, 1.807) is 22.0 Å². The second kappa shape index (κ2) is 10.5. The molecule has 1 aromatic rings. The van der Waals surface area contributed by atoms with Gasteiger partial charge in [-0.3, -0.25) is 0 Å². The molecule has 0 radical (unpaired) electrons. The second-order valence-electron chi connectivity index (χ2n) is 6.82. The van der Waals surface area contributed by atoms with Gasteiger partial charge in [-0.1, -0.05) is 0 Å². The van der Waals surface area contributed by atoms with Crippen LogP contribution in [0.1, 0.15) is 54.9 Å². The van der Waals surface area contributed by atoms with Crippen LogP contribution in [0.15, 0.2) is 50.7 Å². The van der Waals surface area contributed by atoms with Gasteiger partial charge in [0.15, 0.2) is 0 Å². The van der Waals surface area contributed by atoms with E-state index in [1.165, 1.54) is 31.2 Å². The Balaban J connectivity index is 0.00000156. The van der Waals surface area contributed by atoms with Crippen molar-refractivity contribution in [1.82, 2.24) is 0 Å². The summed E-state index contributed by atoms with van der Waals surface area (Å²) in [4.78, 5) is 0. The van der Waals surface area contributed by atoms with Crippen molar-refractivity contribution < 1.29 is 44.0 Å². The molecule has 0 fully saturated rings. The minimum Gasteiger partial charge on any atom is -1.00 e. The zero-order valence-corrected chi connectivity index (χ0v) is 19.5. The molecular formula is C21H27Cl2PTi. The molecule has 0 aliphatic heterocycles. The quantitative estimate of drug-likeness (QED) is 0.462. The maximum absolute atomic E-state index is 2.51. The van der Waals surface area contributed by atoms with Gasteiger partial charge >= 0.3 is 152 Å². The van der Waals surface area contributed by atoms with Crippen LogP contribution in [-0.4, -0.2) is 13.3 Å². The van der Waals surface area contributed by atoms with E-state index in [4.69, 9.17) is 0 Å². The van der Waals surface area contributed by atoms with Crippen molar-refractivity contribution in [3.8, 4) is 0 Å². The molecule has 2 aliphatic rings. The molecule has 0 nitrogen and oxygen atoms in total. The molecule has 1 aromatic carbocycles. The third-order valence-corrected chi connectivity index (χ3v) is 9.53. The van der Waals surface area contributed by atoms with Crippen LogP contribution in [0, 0.1) is 0 Å². The molecule has 3 rings (SSSR count). The van der Waals surface area contributed by atoms with E-state index in [0.717, 1.165) is 4.22 Å². The van der Waals surface area contributed by atoms with E-state index in [0.29, 0.717) is 0 Å². The number of unbranched alkanes of at least 4 members (excludes halogenated alkanes) is 1. The Bertz CT molecular complexity index is 689. The summed E-state index contributed by atoms with van der Waals surface area (Å²) in [6.07, 6.45) is 10.2. The number of rotatable bonds is 6. The Hall–Kier alpha value is 0.164. The fourth-order valence-corrected chi connectivity index (χ4v) is 8.81. The first-order chi connectivity index (χ1) is 11.1. The largest absolute Gasteiger partial charge is 1.00 e. The Labute approximate surface area is 176 Å². The minimum atomic E-state index is -0.117. The average Bonchev–Trinajstić information content (AvgIpc) is 3.08. The number of benzene rings is 1. The molecule has 0 heterocycles. The van der Waals surface area contributed by atoms with Gasteiger partial charge in [0.1, 0.15) is 0 Å². The fraction of sp³-hybridized carbons (Fsp3) is 0.429. The van der Waals surface area contributed by atoms with Crippen LogP contribution in [-0.2, 0) is 19.2 Å². The van der Waals surface area contributed by atoms with Gasteiger partial charge in [0.25, 0.3) is 0 Å². The maximum atomic E-state index is 2.51. The van der Waals surface area contributed by atoms with Crippen LogP contribution < -0.4 is 24.8 Å². The normalized spacial score (nSPS) is 18.2. The third-order valence-electron chi connectivity index (χ3n) is 4.97. The van der Waals surface area contributed by atoms with Crippen LogP contribution in [0.4, 0.5) is 0 Å². The average molecular weight is 429 g/mol. The molecule has 2 aliphatic carbocycles. The Kier molecular flexibility index (Phi) is 9.73. The van der Waals surface area contributed by atoms with Crippen molar-refractivity contribution in [3.05, 3.63) is 61.8 Å². The molecule has 134 valence electrons. The molecule has 4 heteroatoms. The van der Waals surface area contributed by atoms with Gasteiger partial charge < -0.3 is 24.8 Å². The van der Waals surface area contributed by atoms with Crippen LogP contribution >= 0.6 is 7.92 Å². The molecule has 0 aromatic heterocycles. The fourth-order valence-electron chi connectivity index (χ4n) is 3.61. The molecule has 0 saturated carbocycles. The molecular weight excluding hydrogens is 402 g/mol. The zero-order chi connectivity index (χ0) is 16.4. The molecule has 0 bridgehead atoms. The standard InChI is InChI=1S/C11H12P.C10H15.2ClH.Ti/c1-12(2)11-7-9-5-3-4-6-10(9)8-11;1-3-4-7-10-8-5-6-9(10)2;;;/h3-8H,1-2H3;6H,3-5,7H2,1-2H3;2*1H;/q;;;;+2/p-2. The van der Waals surface area contributed by atoms with Crippen LogP contribution in [0.2, 0.25) is 0 Å². The SMILES string of the molecule is CCCCC1=[C]([Ti+2][CH]2C(P(C)C)=Cc3ccccc32)CC=C1C.[Cl-].[Cl-]. The van der Waals surface area contributed by atoms with Crippen molar-refractivity contribution >= 4 is 14.0 Å². The monoisotopic (exact) mass is 428 g/mol. The molecule has 0 spiro atoms. The number of halogens is 2. The predicted octanol–water partition coefficient (Wildman–Crippen LogP) is 0.709. The van der Waals surface area contributed by atoms with E-state index in [9.17, 15) is 0 Å². The Morgan fingerprint density at radius 3 is 2.56 bits per heavy atom. The van der Waals surface area contributed by atoms with E-state index < -0.39 is 0 Å².